The lowest BCUT2D eigenvalue weighted by atomic mass is 9.25. The van der Waals surface area contributed by atoms with E-state index < -0.39 is 5.97 Å². The molecule has 5 fully saturated rings. The zero-order valence-corrected chi connectivity index (χ0v) is 34.1. The number of carbonyl (C=O) groups is 1. The Hall–Kier alpha value is -4.26. The van der Waals surface area contributed by atoms with E-state index in [1.165, 1.54) is 45.0 Å². The van der Waals surface area contributed by atoms with Crippen molar-refractivity contribution in [3.05, 3.63) is 77.0 Å². The lowest BCUT2D eigenvalue weighted by molar-refractivity contribution is -0.397. The SMILES string of the molecule is CC(=NCC12CC3(C)CC4(OCCN5CCCC5)CC(C)(C1)C34C2)/C(=C\N)c1ccc(N2C=C(/C(C)=C(\N)Nc3nc4ccccc4s3)CCC2)nc1C(=O)O. The molecule has 1 saturated heterocycles. The number of carboxylic acid groups (broad SMARTS) is 1. The molecule has 6 N–H and O–H groups in total. The third kappa shape index (κ3) is 5.64. The number of hydrogen-bond donors (Lipinski definition) is 4. The summed E-state index contributed by atoms with van der Waals surface area (Å²) in [5, 5.41) is 14.5. The van der Waals surface area contributed by atoms with Gasteiger partial charge in [0.15, 0.2) is 10.8 Å². The molecule has 1 spiro atoms. The van der Waals surface area contributed by atoms with Gasteiger partial charge in [0, 0.05) is 54.3 Å². The van der Waals surface area contributed by atoms with Crippen molar-refractivity contribution in [2.45, 2.75) is 91.1 Å². The average molecular weight is 777 g/mol. The fourth-order valence-electron chi connectivity index (χ4n) is 13.0. The summed E-state index contributed by atoms with van der Waals surface area (Å²) < 4.78 is 8.00. The molecular formula is C44H56N8O3S. The molecule has 4 saturated carbocycles. The Morgan fingerprint density at radius 3 is 2.48 bits per heavy atom. The minimum Gasteiger partial charge on any atom is -0.476 e. The van der Waals surface area contributed by atoms with Crippen LogP contribution in [-0.2, 0) is 4.74 Å². The number of fused-ring (bicyclic) bond motifs is 2. The van der Waals surface area contributed by atoms with Gasteiger partial charge in [-0.15, -0.1) is 0 Å². The first-order valence-electron chi connectivity index (χ1n) is 20.4. The molecule has 4 heterocycles. The molecule has 2 unspecified atom stereocenters. The highest BCUT2D eigenvalue weighted by molar-refractivity contribution is 7.22. The Morgan fingerprint density at radius 2 is 1.77 bits per heavy atom. The fraction of sp³-hybridized carbons (Fsp3) is 0.545. The number of rotatable bonds is 13. The minimum absolute atomic E-state index is 0.0271. The van der Waals surface area contributed by atoms with Gasteiger partial charge < -0.3 is 36.4 Å². The zero-order chi connectivity index (χ0) is 39.1. The van der Waals surface area contributed by atoms with E-state index >= 15 is 0 Å². The molecule has 0 radical (unpaired) electrons. The van der Waals surface area contributed by atoms with E-state index in [0.717, 1.165) is 77.5 Å². The van der Waals surface area contributed by atoms with Crippen molar-refractivity contribution in [3.8, 4) is 0 Å². The van der Waals surface area contributed by atoms with Crippen molar-refractivity contribution in [1.82, 2.24) is 14.9 Å². The van der Waals surface area contributed by atoms with Crippen LogP contribution in [0.25, 0.3) is 15.8 Å². The molecule has 2 bridgehead atoms. The van der Waals surface area contributed by atoms with Crippen LogP contribution in [0.5, 0.6) is 0 Å². The lowest BCUT2D eigenvalue weighted by Crippen LogP contribution is -2.82. The van der Waals surface area contributed by atoms with Crippen LogP contribution in [0, 0.1) is 21.7 Å². The van der Waals surface area contributed by atoms with Crippen LogP contribution in [0.4, 0.5) is 10.9 Å². The number of aromatic nitrogens is 2. The maximum absolute atomic E-state index is 12.8. The van der Waals surface area contributed by atoms with Crippen LogP contribution in [0.15, 0.2) is 70.8 Å². The monoisotopic (exact) mass is 776 g/mol. The van der Waals surface area contributed by atoms with Gasteiger partial charge in [-0.25, -0.2) is 14.8 Å². The summed E-state index contributed by atoms with van der Waals surface area (Å²) in [6, 6.07) is 11.7. The third-order valence-corrected chi connectivity index (χ3v) is 15.8. The van der Waals surface area contributed by atoms with E-state index in [0.29, 0.717) is 35.9 Å². The van der Waals surface area contributed by atoms with E-state index in [1.807, 2.05) is 61.3 Å². The fourth-order valence-corrected chi connectivity index (χ4v) is 13.9. The Bertz CT molecular complexity index is 2160. The van der Waals surface area contributed by atoms with Crippen LogP contribution in [0.1, 0.15) is 102 Å². The summed E-state index contributed by atoms with van der Waals surface area (Å²) in [5.41, 5.74) is 18.5. The molecule has 9 rings (SSSR count). The molecule has 2 aliphatic heterocycles. The van der Waals surface area contributed by atoms with Crippen molar-refractivity contribution in [2.24, 2.45) is 38.1 Å². The van der Waals surface area contributed by atoms with Crippen LogP contribution in [-0.4, -0.2) is 76.6 Å². The van der Waals surface area contributed by atoms with E-state index in [-0.39, 0.29) is 33.0 Å². The normalized spacial score (nSPS) is 32.9. The summed E-state index contributed by atoms with van der Waals surface area (Å²) in [7, 11) is 0. The van der Waals surface area contributed by atoms with E-state index in [4.69, 9.17) is 26.2 Å². The maximum atomic E-state index is 12.8. The first kappa shape index (κ1) is 37.3. The number of allylic oxidation sites excluding steroid dienone is 3. The Balaban J connectivity index is 0.908. The number of thiazole rings is 1. The molecule has 56 heavy (non-hydrogen) atoms. The number of nitrogens with two attached hydrogens (primary N) is 2. The Kier molecular flexibility index (Phi) is 8.94. The van der Waals surface area contributed by atoms with Gasteiger partial charge in [0.05, 0.1) is 22.4 Å². The maximum Gasteiger partial charge on any atom is 0.355 e. The topological polar surface area (TPSA) is 155 Å². The predicted molar refractivity (Wildman–Crippen MR) is 225 cm³/mol. The van der Waals surface area contributed by atoms with Crippen LogP contribution in [0.2, 0.25) is 0 Å². The van der Waals surface area contributed by atoms with Gasteiger partial charge >= 0.3 is 5.97 Å². The number of aliphatic imine (C=N–C) groups is 1. The summed E-state index contributed by atoms with van der Waals surface area (Å²) in [5.74, 6) is 0.000949. The van der Waals surface area contributed by atoms with Crippen molar-refractivity contribution < 1.29 is 14.6 Å². The van der Waals surface area contributed by atoms with Crippen LogP contribution < -0.4 is 21.7 Å². The van der Waals surface area contributed by atoms with Crippen LogP contribution in [0.3, 0.4) is 0 Å². The summed E-state index contributed by atoms with van der Waals surface area (Å²) in [6.45, 7) is 14.7. The zero-order valence-electron chi connectivity index (χ0n) is 33.3. The molecule has 6 aliphatic rings. The number of aromatic carboxylic acids is 1. The number of hydrogen-bond acceptors (Lipinski definition) is 11. The number of carboxylic acids is 1. The number of likely N-dealkylation sites (tertiary alicyclic amines) is 1. The van der Waals surface area contributed by atoms with Crippen molar-refractivity contribution in [2.75, 3.05) is 49.5 Å². The number of nitrogens with zero attached hydrogens (tertiary/aromatic N) is 5. The van der Waals surface area contributed by atoms with Gasteiger partial charge in [-0.2, -0.15) is 0 Å². The molecule has 2 aromatic heterocycles. The van der Waals surface area contributed by atoms with Gasteiger partial charge in [-0.3, -0.25) is 4.99 Å². The molecule has 11 nitrogen and oxygen atoms in total. The van der Waals surface area contributed by atoms with Gasteiger partial charge in [-0.05, 0) is 136 Å². The largest absolute Gasteiger partial charge is 0.476 e. The number of ether oxygens (including phenoxy) is 1. The number of benzene rings is 1. The van der Waals surface area contributed by atoms with Crippen molar-refractivity contribution in [1.29, 1.82) is 0 Å². The van der Waals surface area contributed by atoms with Crippen molar-refractivity contribution >= 4 is 49.8 Å². The first-order chi connectivity index (χ1) is 26.8. The number of para-hydroxylation sites is 1. The molecule has 296 valence electrons. The van der Waals surface area contributed by atoms with Gasteiger partial charge in [-0.1, -0.05) is 37.3 Å². The number of pyridine rings is 1. The minimum atomic E-state index is -1.10. The Labute approximate surface area is 334 Å². The predicted octanol–water partition coefficient (Wildman–Crippen LogP) is 7.78. The second-order valence-electron chi connectivity index (χ2n) is 18.3. The smallest absolute Gasteiger partial charge is 0.355 e. The highest BCUT2D eigenvalue weighted by Crippen LogP contribution is 2.95. The molecular weight excluding hydrogens is 721 g/mol. The molecule has 4 aliphatic carbocycles. The second kappa shape index (κ2) is 13.4. The highest BCUT2D eigenvalue weighted by atomic mass is 32.1. The first-order valence-corrected chi connectivity index (χ1v) is 21.3. The van der Waals surface area contributed by atoms with Gasteiger partial charge in [0.1, 0.15) is 11.6 Å². The molecule has 2 atom stereocenters. The van der Waals surface area contributed by atoms with E-state index in [1.54, 1.807) is 11.3 Å². The second-order valence-corrected chi connectivity index (χ2v) is 19.3. The van der Waals surface area contributed by atoms with E-state index in [9.17, 15) is 9.90 Å². The quantitative estimate of drug-likeness (QED) is 0.127. The van der Waals surface area contributed by atoms with Crippen molar-refractivity contribution in [3.63, 3.8) is 0 Å². The highest BCUT2D eigenvalue weighted by Gasteiger charge is 2.93. The van der Waals surface area contributed by atoms with Crippen LogP contribution >= 0.6 is 11.3 Å². The summed E-state index contributed by atoms with van der Waals surface area (Å²) in [4.78, 5) is 31.9. The summed E-state index contributed by atoms with van der Waals surface area (Å²) in [6.07, 6.45) is 13.7. The van der Waals surface area contributed by atoms with E-state index in [2.05, 4.69) is 29.0 Å². The molecule has 3 aromatic rings. The standard InChI is InChI=1S/C44H56N8O3S/c1-28(37(46)50-39-48-33-11-5-6-12-34(33)56-39)30-10-9-17-52(21-30)35-14-13-31(36(49-35)38(53)54)32(20-45)29(2)47-27-42-22-40(3)24-43(55-19-18-51-15-7-8-16-51)25-41(4,23-42)44(40,43)26-42/h5-6,11-14,20-21H,7-10,15-19,22-27,45-46H2,1-4H3,(H,48,50)(H,53,54)/b32-20+,37-28+,47-29?. The molecule has 12 heteroatoms. The van der Waals surface area contributed by atoms with Gasteiger partial charge in [0.2, 0.25) is 0 Å². The Morgan fingerprint density at radius 1 is 1.02 bits per heavy atom. The number of anilines is 2. The summed E-state index contributed by atoms with van der Waals surface area (Å²) >= 11 is 1.56. The molecule has 0 amide bonds. The third-order valence-electron chi connectivity index (χ3n) is 14.8. The lowest BCUT2D eigenvalue weighted by Gasteiger charge is -2.82. The number of nitrogens with one attached hydrogen (secondary N) is 1. The van der Waals surface area contributed by atoms with Gasteiger partial charge in [0.25, 0.3) is 0 Å². The molecule has 1 aromatic carbocycles. The average Bonchev–Trinajstić information content (AvgIpc) is 3.94.